The lowest BCUT2D eigenvalue weighted by atomic mass is 10.2. The van der Waals surface area contributed by atoms with Gasteiger partial charge in [0.1, 0.15) is 17.4 Å². The second-order valence-corrected chi connectivity index (χ2v) is 4.49. The summed E-state index contributed by atoms with van der Waals surface area (Å²) in [7, 11) is 3.53. The first-order valence-electron chi connectivity index (χ1n) is 6.22. The summed E-state index contributed by atoms with van der Waals surface area (Å²) in [6.07, 6.45) is 0. The molecule has 0 unspecified atom stereocenters. The Morgan fingerprint density at radius 3 is 2.40 bits per heavy atom. The van der Waals surface area contributed by atoms with Crippen molar-refractivity contribution in [3.8, 4) is 5.75 Å². The summed E-state index contributed by atoms with van der Waals surface area (Å²) >= 11 is 0. The van der Waals surface area contributed by atoms with Gasteiger partial charge >= 0.3 is 0 Å². The Bertz CT molecular complexity index is 622. The molecule has 0 fully saturated rings. The van der Waals surface area contributed by atoms with Crippen LogP contribution in [0.1, 0.15) is 11.3 Å². The van der Waals surface area contributed by atoms with Gasteiger partial charge in [-0.15, -0.1) is 0 Å². The van der Waals surface area contributed by atoms with Crippen LogP contribution in [0.2, 0.25) is 0 Å². The molecule has 104 valence electrons. The van der Waals surface area contributed by atoms with E-state index in [1.807, 2.05) is 55.3 Å². The van der Waals surface area contributed by atoms with Gasteiger partial charge in [-0.25, -0.2) is 4.98 Å². The number of amidine groups is 1. The first-order valence-corrected chi connectivity index (χ1v) is 6.22. The van der Waals surface area contributed by atoms with E-state index >= 15 is 0 Å². The number of methoxy groups -OCH3 is 1. The van der Waals surface area contributed by atoms with Crippen LogP contribution in [0.4, 0.5) is 11.5 Å². The van der Waals surface area contributed by atoms with Crippen LogP contribution in [0.3, 0.4) is 0 Å². The summed E-state index contributed by atoms with van der Waals surface area (Å²) in [5.74, 6) is 1.47. The largest absolute Gasteiger partial charge is 0.497 e. The number of nitrogens with zero attached hydrogens (tertiary/aromatic N) is 2. The monoisotopic (exact) mass is 270 g/mol. The molecule has 5 nitrogen and oxygen atoms in total. The molecule has 1 aromatic carbocycles. The van der Waals surface area contributed by atoms with Crippen LogP contribution >= 0.6 is 0 Å². The average Bonchev–Trinajstić information content (AvgIpc) is 2.46. The van der Waals surface area contributed by atoms with Gasteiger partial charge in [0.25, 0.3) is 0 Å². The summed E-state index contributed by atoms with van der Waals surface area (Å²) in [5.41, 5.74) is 8.07. The number of anilines is 2. The molecule has 2 aromatic rings. The highest BCUT2D eigenvalue weighted by atomic mass is 16.5. The van der Waals surface area contributed by atoms with Gasteiger partial charge in [-0.05, 0) is 43.3 Å². The van der Waals surface area contributed by atoms with Gasteiger partial charge in [0.15, 0.2) is 0 Å². The molecule has 3 N–H and O–H groups in total. The Morgan fingerprint density at radius 1 is 1.20 bits per heavy atom. The molecule has 0 atom stereocenters. The third-order valence-electron chi connectivity index (χ3n) is 3.08. The summed E-state index contributed by atoms with van der Waals surface area (Å²) in [5, 5.41) is 7.66. The van der Waals surface area contributed by atoms with Gasteiger partial charge in [0.2, 0.25) is 0 Å². The van der Waals surface area contributed by atoms with E-state index in [9.17, 15) is 0 Å². The summed E-state index contributed by atoms with van der Waals surface area (Å²) < 4.78 is 5.15. The molecule has 1 heterocycles. The third-order valence-corrected chi connectivity index (χ3v) is 3.08. The fourth-order valence-corrected chi connectivity index (χ4v) is 1.94. The van der Waals surface area contributed by atoms with Crippen molar-refractivity contribution in [2.75, 3.05) is 19.1 Å². The smallest absolute Gasteiger partial charge is 0.144 e. The molecule has 20 heavy (non-hydrogen) atoms. The lowest BCUT2D eigenvalue weighted by Gasteiger charge is -2.21. The molecule has 0 aliphatic rings. The Balaban J connectivity index is 2.43. The van der Waals surface area contributed by atoms with Gasteiger partial charge in [0.05, 0.1) is 12.7 Å². The summed E-state index contributed by atoms with van der Waals surface area (Å²) in [6.45, 7) is 1.91. The predicted octanol–water partition coefficient (Wildman–Crippen LogP) is 2.45. The standard InChI is InChI=1S/C15H18N4O/c1-10-4-9-13(14(16)17)15(18-10)19(2)11-5-7-12(20-3)8-6-11/h4-9H,1-3H3,(H3,16,17). The number of pyridine rings is 1. The van der Waals surface area contributed by atoms with Gasteiger partial charge in [-0.2, -0.15) is 0 Å². The number of nitrogens with two attached hydrogens (primary N) is 1. The Hall–Kier alpha value is -2.56. The molecule has 1 aromatic heterocycles. The van der Waals surface area contributed by atoms with Crippen molar-refractivity contribution in [2.24, 2.45) is 5.73 Å². The lowest BCUT2D eigenvalue weighted by Crippen LogP contribution is -2.20. The molecule has 0 saturated carbocycles. The minimum Gasteiger partial charge on any atom is -0.497 e. The number of nitrogens with one attached hydrogen (secondary N) is 1. The van der Waals surface area contributed by atoms with Crippen LogP contribution in [-0.2, 0) is 0 Å². The number of aryl methyl sites for hydroxylation is 1. The molecular weight excluding hydrogens is 252 g/mol. The van der Waals surface area contributed by atoms with E-state index in [-0.39, 0.29) is 5.84 Å². The zero-order valence-corrected chi connectivity index (χ0v) is 11.8. The fraction of sp³-hybridized carbons (Fsp3) is 0.200. The zero-order valence-electron chi connectivity index (χ0n) is 11.8. The zero-order chi connectivity index (χ0) is 14.7. The topological polar surface area (TPSA) is 75.2 Å². The van der Waals surface area contributed by atoms with Gasteiger partial charge in [-0.3, -0.25) is 5.41 Å². The summed E-state index contributed by atoms with van der Waals surface area (Å²) in [4.78, 5) is 6.39. The van der Waals surface area contributed by atoms with Crippen molar-refractivity contribution in [1.82, 2.24) is 4.98 Å². The Kier molecular flexibility index (Phi) is 3.89. The van der Waals surface area contributed by atoms with E-state index in [2.05, 4.69) is 4.98 Å². The van der Waals surface area contributed by atoms with Crippen LogP contribution in [0.25, 0.3) is 0 Å². The van der Waals surface area contributed by atoms with Crippen molar-refractivity contribution in [2.45, 2.75) is 6.92 Å². The van der Waals surface area contributed by atoms with Crippen LogP contribution in [0, 0.1) is 12.3 Å². The van der Waals surface area contributed by atoms with Crippen LogP contribution in [-0.4, -0.2) is 25.0 Å². The number of nitrogen functional groups attached to an aromatic ring is 1. The SMILES string of the molecule is COc1ccc(N(C)c2nc(C)ccc2C(=N)N)cc1. The van der Waals surface area contributed by atoms with Gasteiger partial charge in [-0.1, -0.05) is 0 Å². The van der Waals surface area contributed by atoms with Crippen molar-refractivity contribution >= 4 is 17.3 Å². The molecular formula is C15H18N4O. The van der Waals surface area contributed by atoms with Crippen LogP contribution in [0.15, 0.2) is 36.4 Å². The normalized spacial score (nSPS) is 10.2. The second kappa shape index (κ2) is 5.61. The van der Waals surface area contributed by atoms with E-state index in [1.165, 1.54) is 0 Å². The number of ether oxygens (including phenoxy) is 1. The second-order valence-electron chi connectivity index (χ2n) is 4.49. The number of aromatic nitrogens is 1. The van der Waals surface area contributed by atoms with E-state index in [0.29, 0.717) is 11.4 Å². The Morgan fingerprint density at radius 2 is 1.85 bits per heavy atom. The van der Waals surface area contributed by atoms with E-state index in [4.69, 9.17) is 15.9 Å². The molecule has 0 spiro atoms. The summed E-state index contributed by atoms with van der Waals surface area (Å²) in [6, 6.07) is 11.3. The molecule has 2 rings (SSSR count). The lowest BCUT2D eigenvalue weighted by molar-refractivity contribution is 0.415. The molecule has 5 heteroatoms. The Labute approximate surface area is 118 Å². The average molecular weight is 270 g/mol. The van der Waals surface area contributed by atoms with Gasteiger partial charge < -0.3 is 15.4 Å². The first kappa shape index (κ1) is 13.9. The van der Waals surface area contributed by atoms with Crippen molar-refractivity contribution in [3.63, 3.8) is 0 Å². The molecule has 0 aliphatic carbocycles. The molecule has 0 radical (unpaired) electrons. The van der Waals surface area contributed by atoms with E-state index in [0.717, 1.165) is 17.1 Å². The molecule has 0 amide bonds. The highest BCUT2D eigenvalue weighted by Gasteiger charge is 2.13. The van der Waals surface area contributed by atoms with Crippen molar-refractivity contribution < 1.29 is 4.74 Å². The fourth-order valence-electron chi connectivity index (χ4n) is 1.94. The van der Waals surface area contributed by atoms with Gasteiger partial charge in [0, 0.05) is 18.4 Å². The molecule has 0 saturated heterocycles. The number of benzene rings is 1. The third kappa shape index (κ3) is 2.71. The number of rotatable bonds is 4. The van der Waals surface area contributed by atoms with Crippen molar-refractivity contribution in [1.29, 1.82) is 5.41 Å². The number of hydrogen-bond donors (Lipinski definition) is 2. The van der Waals surface area contributed by atoms with E-state index < -0.39 is 0 Å². The number of hydrogen-bond acceptors (Lipinski definition) is 4. The predicted molar refractivity (Wildman–Crippen MR) is 81.0 cm³/mol. The first-order chi connectivity index (χ1) is 9.52. The minimum absolute atomic E-state index is 0.00728. The maximum absolute atomic E-state index is 7.66. The van der Waals surface area contributed by atoms with E-state index in [1.54, 1.807) is 7.11 Å². The highest BCUT2D eigenvalue weighted by Crippen LogP contribution is 2.26. The quantitative estimate of drug-likeness (QED) is 0.661. The van der Waals surface area contributed by atoms with Crippen LogP contribution < -0.4 is 15.4 Å². The van der Waals surface area contributed by atoms with Crippen molar-refractivity contribution in [3.05, 3.63) is 47.7 Å². The maximum Gasteiger partial charge on any atom is 0.144 e. The molecule has 0 aliphatic heterocycles. The van der Waals surface area contributed by atoms with Crippen LogP contribution in [0.5, 0.6) is 5.75 Å². The maximum atomic E-state index is 7.66. The highest BCUT2D eigenvalue weighted by molar-refractivity contribution is 6.00. The minimum atomic E-state index is 0.00728. The molecule has 0 bridgehead atoms.